The normalized spacial score (nSPS) is 17.2. The molecular formula is C14H23N3O2. The van der Waals surface area contributed by atoms with Crippen molar-refractivity contribution >= 4 is 5.91 Å². The molecule has 1 N–H and O–H groups in total. The second kappa shape index (κ2) is 5.74. The number of likely N-dealkylation sites (tertiary alicyclic amines) is 1. The number of amides is 1. The van der Waals surface area contributed by atoms with E-state index in [2.05, 4.69) is 18.9 Å². The molecule has 0 aliphatic carbocycles. The van der Waals surface area contributed by atoms with E-state index in [0.717, 1.165) is 31.6 Å². The Morgan fingerprint density at radius 3 is 2.58 bits per heavy atom. The van der Waals surface area contributed by atoms with E-state index in [4.69, 9.17) is 5.11 Å². The van der Waals surface area contributed by atoms with Gasteiger partial charge in [0.15, 0.2) is 5.69 Å². The molecule has 0 saturated carbocycles. The maximum Gasteiger partial charge on any atom is 0.274 e. The summed E-state index contributed by atoms with van der Waals surface area (Å²) in [7, 11) is 1.88. The first-order valence-electron chi connectivity index (χ1n) is 6.97. The van der Waals surface area contributed by atoms with Crippen molar-refractivity contribution in [2.24, 2.45) is 13.0 Å². The lowest BCUT2D eigenvalue weighted by atomic mass is 9.98. The van der Waals surface area contributed by atoms with Crippen molar-refractivity contribution in [3.05, 3.63) is 17.5 Å². The minimum Gasteiger partial charge on any atom is -0.396 e. The van der Waals surface area contributed by atoms with E-state index in [1.165, 1.54) is 0 Å². The van der Waals surface area contributed by atoms with Crippen LogP contribution in [0.25, 0.3) is 0 Å². The molecule has 0 unspecified atom stereocenters. The van der Waals surface area contributed by atoms with Crippen LogP contribution in [-0.2, 0) is 7.05 Å². The monoisotopic (exact) mass is 265 g/mol. The number of rotatable bonds is 3. The fourth-order valence-electron chi connectivity index (χ4n) is 2.61. The summed E-state index contributed by atoms with van der Waals surface area (Å²) in [5.41, 5.74) is 1.61. The van der Waals surface area contributed by atoms with Gasteiger partial charge >= 0.3 is 0 Å². The predicted octanol–water partition coefficient (Wildman–Crippen LogP) is 1.39. The number of carbonyl (C=O) groups is 1. The third-order valence-corrected chi connectivity index (χ3v) is 3.89. The fourth-order valence-corrected chi connectivity index (χ4v) is 2.61. The number of aliphatic hydroxyl groups excluding tert-OH is 1. The van der Waals surface area contributed by atoms with E-state index < -0.39 is 0 Å². The number of aromatic nitrogens is 2. The van der Waals surface area contributed by atoms with E-state index >= 15 is 0 Å². The molecule has 0 spiro atoms. The van der Waals surface area contributed by atoms with Gasteiger partial charge in [-0.1, -0.05) is 13.8 Å². The molecule has 1 fully saturated rings. The lowest BCUT2D eigenvalue weighted by Crippen LogP contribution is -2.39. The van der Waals surface area contributed by atoms with Gasteiger partial charge in [0, 0.05) is 32.4 Å². The van der Waals surface area contributed by atoms with Crippen molar-refractivity contribution in [1.29, 1.82) is 0 Å². The molecule has 0 aromatic carbocycles. The maximum absolute atomic E-state index is 12.4. The van der Waals surface area contributed by atoms with Crippen LogP contribution in [0.5, 0.6) is 0 Å². The van der Waals surface area contributed by atoms with Crippen LogP contribution in [0.4, 0.5) is 0 Å². The summed E-state index contributed by atoms with van der Waals surface area (Å²) in [6, 6.07) is 1.89. The van der Waals surface area contributed by atoms with E-state index in [9.17, 15) is 4.79 Å². The lowest BCUT2D eigenvalue weighted by molar-refractivity contribution is 0.0644. The highest BCUT2D eigenvalue weighted by Gasteiger charge is 2.25. The molecule has 106 valence electrons. The van der Waals surface area contributed by atoms with Gasteiger partial charge < -0.3 is 10.0 Å². The molecule has 1 aliphatic rings. The summed E-state index contributed by atoms with van der Waals surface area (Å²) in [5, 5.41) is 13.4. The first kappa shape index (κ1) is 14.1. The van der Waals surface area contributed by atoms with Crippen molar-refractivity contribution in [3.8, 4) is 0 Å². The molecule has 2 rings (SSSR count). The van der Waals surface area contributed by atoms with Gasteiger partial charge in [-0.25, -0.2) is 0 Å². The number of carbonyl (C=O) groups excluding carboxylic acids is 1. The Morgan fingerprint density at radius 2 is 2.11 bits per heavy atom. The summed E-state index contributed by atoms with van der Waals surface area (Å²) in [6.07, 6.45) is 1.76. The van der Waals surface area contributed by atoms with Crippen molar-refractivity contribution in [2.75, 3.05) is 19.7 Å². The number of nitrogens with zero attached hydrogens (tertiary/aromatic N) is 3. The second-order valence-electron chi connectivity index (χ2n) is 5.65. The van der Waals surface area contributed by atoms with Crippen LogP contribution in [0.15, 0.2) is 6.07 Å². The van der Waals surface area contributed by atoms with Gasteiger partial charge in [0.05, 0.1) is 0 Å². The van der Waals surface area contributed by atoms with E-state index in [1.54, 1.807) is 4.68 Å². The molecule has 5 heteroatoms. The highest BCUT2D eigenvalue weighted by atomic mass is 16.3. The average Bonchev–Trinajstić information content (AvgIpc) is 2.80. The molecule has 1 aromatic rings. The van der Waals surface area contributed by atoms with Crippen molar-refractivity contribution in [3.63, 3.8) is 0 Å². The van der Waals surface area contributed by atoms with E-state index in [1.807, 2.05) is 18.0 Å². The summed E-state index contributed by atoms with van der Waals surface area (Å²) < 4.78 is 1.79. The van der Waals surface area contributed by atoms with Gasteiger partial charge in [-0.3, -0.25) is 9.48 Å². The van der Waals surface area contributed by atoms with Crippen molar-refractivity contribution < 1.29 is 9.90 Å². The Balaban J connectivity index is 2.06. The minimum absolute atomic E-state index is 0.0129. The number of aliphatic hydroxyl groups is 1. The first-order valence-corrected chi connectivity index (χ1v) is 6.97. The Kier molecular flexibility index (Phi) is 4.24. The molecule has 0 atom stereocenters. The molecule has 2 heterocycles. The summed E-state index contributed by atoms with van der Waals surface area (Å²) in [6.45, 7) is 5.86. The zero-order valence-corrected chi connectivity index (χ0v) is 12.0. The maximum atomic E-state index is 12.4. The first-order chi connectivity index (χ1) is 9.02. The molecule has 0 radical (unpaired) electrons. The number of aryl methyl sites for hydroxylation is 1. The quantitative estimate of drug-likeness (QED) is 0.898. The van der Waals surface area contributed by atoms with Gasteiger partial charge in [0.25, 0.3) is 5.91 Å². The smallest absolute Gasteiger partial charge is 0.274 e. The Morgan fingerprint density at radius 1 is 1.47 bits per heavy atom. The highest BCUT2D eigenvalue weighted by Crippen LogP contribution is 2.20. The number of piperidine rings is 1. The molecule has 1 saturated heterocycles. The standard InChI is InChI=1S/C14H23N3O2/c1-10(2)13-8-12(15-16(13)3)14(19)17-6-4-11(9-18)5-7-17/h8,10-11,18H,4-7,9H2,1-3H3. The zero-order chi connectivity index (χ0) is 14.0. The van der Waals surface area contributed by atoms with Gasteiger partial charge in [0.1, 0.15) is 0 Å². The molecular weight excluding hydrogens is 242 g/mol. The van der Waals surface area contributed by atoms with Crippen LogP contribution in [-0.4, -0.2) is 45.4 Å². The summed E-state index contributed by atoms with van der Waals surface area (Å²) in [5.74, 6) is 0.720. The van der Waals surface area contributed by atoms with Crippen LogP contribution in [0.2, 0.25) is 0 Å². The van der Waals surface area contributed by atoms with Crippen molar-refractivity contribution in [1.82, 2.24) is 14.7 Å². The van der Waals surface area contributed by atoms with Gasteiger partial charge in [0.2, 0.25) is 0 Å². The molecule has 1 amide bonds. The third kappa shape index (κ3) is 2.97. The lowest BCUT2D eigenvalue weighted by Gasteiger charge is -2.30. The average molecular weight is 265 g/mol. The largest absolute Gasteiger partial charge is 0.396 e. The van der Waals surface area contributed by atoms with Crippen LogP contribution >= 0.6 is 0 Å². The van der Waals surface area contributed by atoms with Crippen LogP contribution < -0.4 is 0 Å². The second-order valence-corrected chi connectivity index (χ2v) is 5.65. The minimum atomic E-state index is 0.0129. The van der Waals surface area contributed by atoms with Gasteiger partial charge in [-0.05, 0) is 30.7 Å². The van der Waals surface area contributed by atoms with E-state index in [-0.39, 0.29) is 12.5 Å². The predicted molar refractivity (Wildman–Crippen MR) is 73.0 cm³/mol. The highest BCUT2D eigenvalue weighted by molar-refractivity contribution is 5.92. The molecule has 1 aliphatic heterocycles. The Bertz CT molecular complexity index is 446. The summed E-state index contributed by atoms with van der Waals surface area (Å²) >= 11 is 0. The molecule has 1 aromatic heterocycles. The summed E-state index contributed by atoms with van der Waals surface area (Å²) in [4.78, 5) is 14.2. The van der Waals surface area contributed by atoms with Crippen LogP contribution in [0.1, 0.15) is 48.8 Å². The van der Waals surface area contributed by atoms with Crippen LogP contribution in [0.3, 0.4) is 0 Å². The van der Waals surface area contributed by atoms with Crippen LogP contribution in [0, 0.1) is 5.92 Å². The molecule has 5 nitrogen and oxygen atoms in total. The molecule has 0 bridgehead atoms. The van der Waals surface area contributed by atoms with E-state index in [0.29, 0.717) is 17.5 Å². The fraction of sp³-hybridized carbons (Fsp3) is 0.714. The Labute approximate surface area is 114 Å². The SMILES string of the molecule is CC(C)c1cc(C(=O)N2CCC(CO)CC2)nn1C. The number of hydrogen-bond donors (Lipinski definition) is 1. The zero-order valence-electron chi connectivity index (χ0n) is 12.0. The van der Waals surface area contributed by atoms with Crippen molar-refractivity contribution in [2.45, 2.75) is 32.6 Å². The Hall–Kier alpha value is -1.36. The van der Waals surface area contributed by atoms with Gasteiger partial charge in [-0.15, -0.1) is 0 Å². The van der Waals surface area contributed by atoms with Gasteiger partial charge in [-0.2, -0.15) is 5.10 Å². The molecule has 19 heavy (non-hydrogen) atoms. The third-order valence-electron chi connectivity index (χ3n) is 3.89. The topological polar surface area (TPSA) is 58.4 Å². The number of hydrogen-bond acceptors (Lipinski definition) is 3.